The van der Waals surface area contributed by atoms with Crippen LogP contribution in [-0.4, -0.2) is 47.4 Å². The average molecular weight is 329 g/mol. The molecule has 2 bridgehead atoms. The Balaban J connectivity index is 1.59. The third-order valence-corrected chi connectivity index (χ3v) is 5.95. The summed E-state index contributed by atoms with van der Waals surface area (Å²) in [6, 6.07) is 11.8. The number of amides is 1. The highest BCUT2D eigenvalue weighted by atomic mass is 16.2. The van der Waals surface area contributed by atoms with Crippen molar-refractivity contribution >= 4 is 5.91 Å². The first-order chi connectivity index (χ1) is 11.7. The average Bonchev–Trinajstić information content (AvgIpc) is 2.73. The minimum Gasteiger partial charge on any atom is -0.335 e. The number of benzene rings is 1. The molecule has 3 heteroatoms. The molecule has 0 spiro atoms. The Labute approximate surface area is 147 Å². The molecule has 2 aliphatic rings. The maximum atomic E-state index is 12.4. The zero-order valence-corrected chi connectivity index (χ0v) is 15.3. The lowest BCUT2D eigenvalue weighted by Gasteiger charge is -2.40. The highest BCUT2D eigenvalue weighted by Crippen LogP contribution is 2.30. The molecule has 0 radical (unpaired) electrons. The van der Waals surface area contributed by atoms with Crippen molar-refractivity contribution in [3.63, 3.8) is 0 Å². The quantitative estimate of drug-likeness (QED) is 0.814. The van der Waals surface area contributed by atoms with Crippen LogP contribution in [0.2, 0.25) is 0 Å². The van der Waals surface area contributed by atoms with E-state index in [1.165, 1.54) is 31.2 Å². The van der Waals surface area contributed by atoms with E-state index in [9.17, 15) is 4.79 Å². The van der Waals surface area contributed by atoms with Crippen molar-refractivity contribution in [1.82, 2.24) is 9.80 Å². The number of carbonyl (C=O) groups excluding carboxylic acids is 1. The molecule has 24 heavy (non-hydrogen) atoms. The molecule has 0 aliphatic carbocycles. The minimum absolute atomic E-state index is 0.365. The molecule has 0 aromatic heterocycles. The van der Waals surface area contributed by atoms with Crippen molar-refractivity contribution in [2.24, 2.45) is 0 Å². The van der Waals surface area contributed by atoms with Crippen LogP contribution in [0.15, 0.2) is 30.3 Å². The van der Waals surface area contributed by atoms with E-state index >= 15 is 0 Å². The number of fused-ring (bicyclic) bond motifs is 2. The Morgan fingerprint density at radius 3 is 2.67 bits per heavy atom. The first-order valence-electron chi connectivity index (χ1n) is 9.77. The van der Waals surface area contributed by atoms with Gasteiger partial charge in [-0.15, -0.1) is 0 Å². The Bertz CT molecular complexity index is 530. The molecular weight excluding hydrogens is 296 g/mol. The van der Waals surface area contributed by atoms with Gasteiger partial charge >= 0.3 is 0 Å². The molecular formula is C21H32N2O. The first kappa shape index (κ1) is 17.5. The fourth-order valence-electron chi connectivity index (χ4n) is 4.47. The summed E-state index contributed by atoms with van der Waals surface area (Å²) in [4.78, 5) is 17.3. The molecule has 2 fully saturated rings. The maximum absolute atomic E-state index is 12.4. The fourth-order valence-corrected chi connectivity index (χ4v) is 4.47. The zero-order valence-electron chi connectivity index (χ0n) is 15.3. The number of carbonyl (C=O) groups is 1. The van der Waals surface area contributed by atoms with Crippen molar-refractivity contribution in [2.75, 3.05) is 19.6 Å². The minimum atomic E-state index is 0.365. The molecule has 3 nitrogen and oxygen atoms in total. The molecule has 3 rings (SSSR count). The van der Waals surface area contributed by atoms with Gasteiger partial charge < -0.3 is 9.80 Å². The summed E-state index contributed by atoms with van der Waals surface area (Å²) in [5, 5.41) is 0. The Kier molecular flexibility index (Phi) is 5.94. The van der Waals surface area contributed by atoms with E-state index in [0.29, 0.717) is 30.3 Å². The van der Waals surface area contributed by atoms with Crippen molar-refractivity contribution in [1.29, 1.82) is 0 Å². The summed E-state index contributed by atoms with van der Waals surface area (Å²) in [5.74, 6) is 0.964. The van der Waals surface area contributed by atoms with Gasteiger partial charge in [-0.25, -0.2) is 0 Å². The molecule has 2 aliphatic heterocycles. The topological polar surface area (TPSA) is 23.6 Å². The summed E-state index contributed by atoms with van der Waals surface area (Å²) in [6.07, 6.45) is 6.68. The molecule has 3 atom stereocenters. The van der Waals surface area contributed by atoms with Gasteiger partial charge in [-0.1, -0.05) is 44.2 Å². The van der Waals surface area contributed by atoms with Gasteiger partial charge in [0.15, 0.2) is 0 Å². The lowest BCUT2D eigenvalue weighted by Crippen LogP contribution is -2.51. The monoisotopic (exact) mass is 328 g/mol. The fraction of sp³-hybridized carbons (Fsp3) is 0.667. The number of hydrogen-bond donors (Lipinski definition) is 0. The first-order valence-corrected chi connectivity index (χ1v) is 9.77. The molecule has 1 aromatic carbocycles. The van der Waals surface area contributed by atoms with Crippen LogP contribution >= 0.6 is 0 Å². The summed E-state index contributed by atoms with van der Waals surface area (Å²) >= 11 is 0. The maximum Gasteiger partial charge on any atom is 0.222 e. The van der Waals surface area contributed by atoms with Crippen LogP contribution in [0.1, 0.15) is 63.9 Å². The van der Waals surface area contributed by atoms with Gasteiger partial charge in [0.2, 0.25) is 5.91 Å². The Hall–Kier alpha value is -1.35. The second-order valence-corrected chi connectivity index (χ2v) is 7.58. The van der Waals surface area contributed by atoms with Crippen LogP contribution in [-0.2, 0) is 4.79 Å². The predicted molar refractivity (Wildman–Crippen MR) is 99.1 cm³/mol. The van der Waals surface area contributed by atoms with Gasteiger partial charge in [0.25, 0.3) is 0 Å². The van der Waals surface area contributed by atoms with Crippen LogP contribution in [0.25, 0.3) is 0 Å². The molecule has 1 aromatic rings. The number of rotatable bonds is 5. The van der Waals surface area contributed by atoms with Crippen LogP contribution < -0.4 is 0 Å². The largest absolute Gasteiger partial charge is 0.335 e. The number of nitrogens with zero attached hydrogens (tertiary/aromatic N) is 2. The summed E-state index contributed by atoms with van der Waals surface area (Å²) in [6.45, 7) is 7.70. The van der Waals surface area contributed by atoms with Gasteiger partial charge in [0.05, 0.1) is 0 Å². The van der Waals surface area contributed by atoms with Gasteiger partial charge in [-0.2, -0.15) is 0 Å². The molecule has 132 valence electrons. The zero-order chi connectivity index (χ0) is 16.9. The summed E-state index contributed by atoms with van der Waals surface area (Å²) < 4.78 is 0. The van der Waals surface area contributed by atoms with E-state index in [1.807, 2.05) is 6.92 Å². The van der Waals surface area contributed by atoms with Crippen LogP contribution in [0.4, 0.5) is 0 Å². The van der Waals surface area contributed by atoms with Crippen molar-refractivity contribution in [3.05, 3.63) is 35.9 Å². The van der Waals surface area contributed by atoms with Gasteiger partial charge in [0, 0.05) is 31.6 Å². The van der Waals surface area contributed by atoms with E-state index in [4.69, 9.17) is 0 Å². The van der Waals surface area contributed by atoms with Crippen molar-refractivity contribution in [3.8, 4) is 0 Å². The Morgan fingerprint density at radius 1 is 1.17 bits per heavy atom. The van der Waals surface area contributed by atoms with Crippen LogP contribution in [0, 0.1) is 0 Å². The molecule has 3 unspecified atom stereocenters. The van der Waals surface area contributed by atoms with E-state index in [0.717, 1.165) is 26.1 Å². The molecule has 0 saturated carbocycles. The van der Waals surface area contributed by atoms with Crippen LogP contribution in [0.5, 0.6) is 0 Å². The van der Waals surface area contributed by atoms with Crippen molar-refractivity contribution in [2.45, 2.75) is 70.4 Å². The smallest absolute Gasteiger partial charge is 0.222 e. The molecule has 2 saturated heterocycles. The molecule has 0 N–H and O–H groups in total. The van der Waals surface area contributed by atoms with E-state index in [-0.39, 0.29) is 0 Å². The van der Waals surface area contributed by atoms with Gasteiger partial charge in [-0.3, -0.25) is 4.79 Å². The van der Waals surface area contributed by atoms with Gasteiger partial charge in [0.1, 0.15) is 0 Å². The van der Waals surface area contributed by atoms with E-state index in [2.05, 4.69) is 47.1 Å². The lowest BCUT2D eigenvalue weighted by atomic mass is 9.94. The summed E-state index contributed by atoms with van der Waals surface area (Å²) in [7, 11) is 0. The van der Waals surface area contributed by atoms with Crippen molar-refractivity contribution < 1.29 is 4.79 Å². The third-order valence-electron chi connectivity index (χ3n) is 5.95. The standard InChI is InChI=1S/C21H32N2O/c1-3-21(24)23-19-10-7-11-20(23)16-22(15-13-19)14-12-17(2)18-8-5-4-6-9-18/h4-6,8-9,17,19-20H,3,7,10-16H2,1-2H3. The highest BCUT2D eigenvalue weighted by Gasteiger charge is 2.36. The normalized spacial score (nSPS) is 26.0. The van der Waals surface area contributed by atoms with Gasteiger partial charge in [-0.05, 0) is 50.1 Å². The number of piperidine rings is 1. The number of hydrogen-bond acceptors (Lipinski definition) is 2. The molecule has 1 amide bonds. The Morgan fingerprint density at radius 2 is 1.92 bits per heavy atom. The molecule has 2 heterocycles. The summed E-state index contributed by atoms with van der Waals surface area (Å²) in [5.41, 5.74) is 1.44. The third kappa shape index (κ3) is 4.00. The SMILES string of the molecule is CCC(=O)N1C2CCCC1CN(CCC(C)c1ccccc1)CC2. The predicted octanol–water partition coefficient (Wildman–Crippen LogP) is 4.05. The second kappa shape index (κ2) is 8.15. The van der Waals surface area contributed by atoms with E-state index in [1.54, 1.807) is 0 Å². The van der Waals surface area contributed by atoms with Crippen LogP contribution in [0.3, 0.4) is 0 Å². The van der Waals surface area contributed by atoms with E-state index < -0.39 is 0 Å². The lowest BCUT2D eigenvalue weighted by molar-refractivity contribution is -0.137. The highest BCUT2D eigenvalue weighted by molar-refractivity contribution is 5.76. The second-order valence-electron chi connectivity index (χ2n) is 7.58.